The Morgan fingerprint density at radius 2 is 1.95 bits per heavy atom. The molecule has 0 spiro atoms. The summed E-state index contributed by atoms with van der Waals surface area (Å²) in [6, 6.07) is 4.19. The summed E-state index contributed by atoms with van der Waals surface area (Å²) in [5, 5.41) is 0. The van der Waals surface area contributed by atoms with Gasteiger partial charge in [-0.05, 0) is 38.7 Å². The highest BCUT2D eigenvalue weighted by Crippen LogP contribution is 2.19. The Morgan fingerprint density at radius 1 is 1.21 bits per heavy atom. The fraction of sp³-hybridized carbons (Fsp3) is 0.429. The van der Waals surface area contributed by atoms with Crippen LogP contribution in [0, 0.1) is 6.92 Å². The predicted molar refractivity (Wildman–Crippen MR) is 74.1 cm³/mol. The standard InChI is InChI=1S/C14H19BF3O/c1-3-4-5-6-7-10-19-14-9-8-12(2)11-13(14)15(16,17)18/h3,8-9,11H,1,4-7,10H2,2H3/q-1. The van der Waals surface area contributed by atoms with Gasteiger partial charge in [-0.25, -0.2) is 0 Å². The fourth-order valence-electron chi connectivity index (χ4n) is 1.80. The van der Waals surface area contributed by atoms with Crippen LogP contribution >= 0.6 is 0 Å². The lowest BCUT2D eigenvalue weighted by molar-refractivity contribution is 0.306. The second-order valence-corrected chi connectivity index (χ2v) is 4.60. The highest BCUT2D eigenvalue weighted by molar-refractivity contribution is 6.74. The minimum atomic E-state index is -5.03. The van der Waals surface area contributed by atoms with Crippen LogP contribution in [0.25, 0.3) is 0 Å². The van der Waals surface area contributed by atoms with Crippen molar-refractivity contribution < 1.29 is 17.7 Å². The second kappa shape index (κ2) is 7.26. The molecule has 0 aliphatic rings. The maximum atomic E-state index is 12.9. The molecule has 5 heteroatoms. The first-order chi connectivity index (χ1) is 8.95. The van der Waals surface area contributed by atoms with Crippen molar-refractivity contribution in [1.82, 2.24) is 0 Å². The van der Waals surface area contributed by atoms with Crippen LogP contribution in [0.5, 0.6) is 5.75 Å². The number of hydrogen-bond donors (Lipinski definition) is 0. The molecule has 0 fully saturated rings. The average Bonchev–Trinajstić information content (AvgIpc) is 2.34. The number of allylic oxidation sites excluding steroid dienone is 1. The van der Waals surface area contributed by atoms with E-state index in [2.05, 4.69) is 6.58 Å². The van der Waals surface area contributed by atoms with Gasteiger partial charge in [-0.15, -0.1) is 6.58 Å². The van der Waals surface area contributed by atoms with E-state index in [1.54, 1.807) is 13.0 Å². The maximum Gasteiger partial charge on any atom is 0.513 e. The number of ether oxygens (including phenoxy) is 1. The Morgan fingerprint density at radius 3 is 2.58 bits per heavy atom. The van der Waals surface area contributed by atoms with E-state index in [1.165, 1.54) is 6.07 Å². The fourth-order valence-corrected chi connectivity index (χ4v) is 1.80. The Labute approximate surface area is 112 Å². The highest BCUT2D eigenvalue weighted by atomic mass is 19.4. The maximum absolute atomic E-state index is 12.9. The van der Waals surface area contributed by atoms with Gasteiger partial charge in [0.1, 0.15) is 0 Å². The number of benzene rings is 1. The number of halogens is 3. The predicted octanol–water partition coefficient (Wildman–Crippen LogP) is 4.17. The molecule has 0 amide bonds. The van der Waals surface area contributed by atoms with E-state index in [0.717, 1.165) is 31.7 Å². The monoisotopic (exact) mass is 271 g/mol. The van der Waals surface area contributed by atoms with Crippen LogP contribution in [-0.2, 0) is 0 Å². The molecule has 0 aliphatic heterocycles. The smallest absolute Gasteiger partial charge is 0.497 e. The molecule has 0 N–H and O–H groups in total. The van der Waals surface area contributed by atoms with Crippen molar-refractivity contribution in [2.45, 2.75) is 32.6 Å². The molecule has 0 aromatic heterocycles. The van der Waals surface area contributed by atoms with Crippen molar-refractivity contribution in [3.63, 3.8) is 0 Å². The highest BCUT2D eigenvalue weighted by Gasteiger charge is 2.29. The van der Waals surface area contributed by atoms with Crippen LogP contribution in [-0.4, -0.2) is 13.6 Å². The van der Waals surface area contributed by atoms with E-state index < -0.39 is 12.4 Å². The lowest BCUT2D eigenvalue weighted by atomic mass is 9.78. The number of hydrogen-bond acceptors (Lipinski definition) is 1. The molecular formula is C14H19BF3O-. The van der Waals surface area contributed by atoms with Gasteiger partial charge in [0.2, 0.25) is 0 Å². The SMILES string of the molecule is C=CCCCCCOc1ccc(C)cc1[B-](F)(F)F. The van der Waals surface area contributed by atoms with Gasteiger partial charge in [-0.1, -0.05) is 29.2 Å². The van der Waals surface area contributed by atoms with E-state index in [-0.39, 0.29) is 5.75 Å². The zero-order valence-electron chi connectivity index (χ0n) is 11.2. The Balaban J connectivity index is 2.56. The summed E-state index contributed by atoms with van der Waals surface area (Å²) in [6.45, 7) is 0.554. The minimum Gasteiger partial charge on any atom is -0.497 e. The summed E-state index contributed by atoms with van der Waals surface area (Å²) in [7, 11) is 0. The topological polar surface area (TPSA) is 9.23 Å². The van der Waals surface area contributed by atoms with Gasteiger partial charge >= 0.3 is 6.98 Å². The molecular weight excluding hydrogens is 252 g/mol. The van der Waals surface area contributed by atoms with Crippen molar-refractivity contribution >= 4 is 12.4 Å². The number of rotatable bonds is 8. The van der Waals surface area contributed by atoms with Crippen LogP contribution in [0.4, 0.5) is 12.9 Å². The van der Waals surface area contributed by atoms with Gasteiger partial charge in [0.05, 0.1) is 12.4 Å². The van der Waals surface area contributed by atoms with Crippen LogP contribution < -0.4 is 10.2 Å². The summed E-state index contributed by atoms with van der Waals surface area (Å²) >= 11 is 0. The summed E-state index contributed by atoms with van der Waals surface area (Å²) in [6.07, 6.45) is 5.46. The van der Waals surface area contributed by atoms with E-state index in [9.17, 15) is 12.9 Å². The van der Waals surface area contributed by atoms with Crippen molar-refractivity contribution in [3.8, 4) is 5.75 Å². The molecule has 1 aromatic carbocycles. The lowest BCUT2D eigenvalue weighted by Crippen LogP contribution is -2.35. The zero-order chi connectivity index (χ0) is 14.3. The Bertz CT molecular complexity index is 416. The van der Waals surface area contributed by atoms with E-state index in [1.807, 2.05) is 6.08 Å². The largest absolute Gasteiger partial charge is 0.513 e. The first-order valence-electron chi connectivity index (χ1n) is 6.49. The third-order valence-electron chi connectivity index (χ3n) is 2.83. The molecule has 0 aliphatic carbocycles. The van der Waals surface area contributed by atoms with E-state index in [4.69, 9.17) is 4.74 Å². The van der Waals surface area contributed by atoms with E-state index >= 15 is 0 Å². The Hall–Kier alpha value is -1.39. The molecule has 1 rings (SSSR count). The molecule has 1 nitrogen and oxygen atoms in total. The molecule has 0 saturated carbocycles. The van der Waals surface area contributed by atoms with Gasteiger partial charge in [-0.3, -0.25) is 0 Å². The van der Waals surface area contributed by atoms with Crippen LogP contribution in [0.3, 0.4) is 0 Å². The normalized spacial score (nSPS) is 11.4. The van der Waals surface area contributed by atoms with Gasteiger partial charge in [0.25, 0.3) is 0 Å². The molecule has 0 unspecified atom stereocenters. The second-order valence-electron chi connectivity index (χ2n) is 4.60. The lowest BCUT2D eigenvalue weighted by Gasteiger charge is -2.20. The molecule has 19 heavy (non-hydrogen) atoms. The third kappa shape index (κ3) is 5.41. The zero-order valence-corrected chi connectivity index (χ0v) is 11.2. The van der Waals surface area contributed by atoms with Crippen LogP contribution in [0.15, 0.2) is 30.9 Å². The van der Waals surface area contributed by atoms with Crippen LogP contribution in [0.1, 0.15) is 31.2 Å². The van der Waals surface area contributed by atoms with Crippen molar-refractivity contribution in [2.75, 3.05) is 6.61 Å². The quantitative estimate of drug-likeness (QED) is 0.391. The molecule has 0 bridgehead atoms. The molecule has 0 atom stereocenters. The first kappa shape index (κ1) is 15.7. The number of unbranched alkanes of at least 4 members (excludes halogenated alkanes) is 3. The van der Waals surface area contributed by atoms with Gasteiger partial charge in [0.15, 0.2) is 0 Å². The van der Waals surface area contributed by atoms with Gasteiger partial charge in [-0.2, -0.15) is 0 Å². The summed E-state index contributed by atoms with van der Waals surface area (Å²) < 4.78 is 43.9. The van der Waals surface area contributed by atoms with Crippen molar-refractivity contribution in [2.24, 2.45) is 0 Å². The Kier molecular flexibility index (Phi) is 5.99. The summed E-state index contributed by atoms with van der Waals surface area (Å²) in [5.74, 6) is -0.0539. The molecule has 0 saturated heterocycles. The molecule has 0 radical (unpaired) electrons. The summed E-state index contributed by atoms with van der Waals surface area (Å²) in [4.78, 5) is 0. The van der Waals surface area contributed by atoms with Crippen molar-refractivity contribution in [3.05, 3.63) is 36.4 Å². The van der Waals surface area contributed by atoms with E-state index in [0.29, 0.717) is 12.2 Å². The molecule has 106 valence electrons. The minimum absolute atomic E-state index is 0.0539. The average molecular weight is 271 g/mol. The van der Waals surface area contributed by atoms with Crippen molar-refractivity contribution in [1.29, 1.82) is 0 Å². The first-order valence-corrected chi connectivity index (χ1v) is 6.49. The summed E-state index contributed by atoms with van der Waals surface area (Å²) in [5.41, 5.74) is -0.0429. The van der Waals surface area contributed by atoms with Gasteiger partial charge < -0.3 is 17.7 Å². The molecule has 0 heterocycles. The van der Waals surface area contributed by atoms with Gasteiger partial charge in [0, 0.05) is 0 Å². The number of aryl methyl sites for hydroxylation is 1. The molecule has 1 aromatic rings. The van der Waals surface area contributed by atoms with Crippen LogP contribution in [0.2, 0.25) is 0 Å². The third-order valence-corrected chi connectivity index (χ3v) is 2.83.